The molecule has 0 radical (unpaired) electrons. The lowest BCUT2D eigenvalue weighted by Gasteiger charge is -1.97. The van der Waals surface area contributed by atoms with Crippen LogP contribution in [-0.4, -0.2) is 19.1 Å². The number of imidazole rings is 1. The molecule has 5 heterocycles. The summed E-state index contributed by atoms with van der Waals surface area (Å²) in [6.45, 7) is 0.879. The van der Waals surface area contributed by atoms with E-state index in [0.717, 1.165) is 12.2 Å². The highest BCUT2D eigenvalue weighted by Crippen LogP contribution is 2.35. The summed E-state index contributed by atoms with van der Waals surface area (Å²) in [7, 11) is 4.21. The van der Waals surface area contributed by atoms with E-state index in [4.69, 9.17) is 0 Å². The Balaban J connectivity index is 2.03. The van der Waals surface area contributed by atoms with Crippen LogP contribution in [0.3, 0.4) is 0 Å². The number of hydrogen-bond acceptors (Lipinski definition) is 2. The lowest BCUT2D eigenvalue weighted by molar-refractivity contribution is -0.636. The van der Waals surface area contributed by atoms with Gasteiger partial charge in [-0.15, -0.1) is 0 Å². The summed E-state index contributed by atoms with van der Waals surface area (Å²) < 4.78 is 6.82. The van der Waals surface area contributed by atoms with Crippen molar-refractivity contribution in [2.75, 3.05) is 0 Å². The zero-order chi connectivity index (χ0) is 14.1. The lowest BCUT2D eigenvalue weighted by atomic mass is 10.2. The Labute approximate surface area is 121 Å². The highest BCUT2D eigenvalue weighted by atomic mass is 15.2. The number of nitrogens with zero attached hydrogens (tertiary/aromatic N) is 5. The minimum Gasteiger partial charge on any atom is -0.264 e. The van der Waals surface area contributed by atoms with E-state index in [2.05, 4.69) is 49.9 Å². The zero-order valence-electron chi connectivity index (χ0n) is 11.9. The molecule has 21 heavy (non-hydrogen) atoms. The molecule has 4 aromatic rings. The number of hydrogen-bond donors (Lipinski definition) is 0. The number of fused-ring (bicyclic) bond motifs is 7. The van der Waals surface area contributed by atoms with Crippen molar-refractivity contribution in [1.29, 1.82) is 0 Å². The van der Waals surface area contributed by atoms with Crippen molar-refractivity contribution in [3.8, 4) is 11.4 Å². The lowest BCUT2D eigenvalue weighted by Crippen LogP contribution is -2.31. The quantitative estimate of drug-likeness (QED) is 0.404. The maximum absolute atomic E-state index is 4.53. The Bertz CT molecular complexity index is 1040. The third-order valence-electron chi connectivity index (χ3n) is 4.52. The third kappa shape index (κ3) is 1.15. The van der Waals surface area contributed by atoms with Gasteiger partial charge in [0.2, 0.25) is 11.5 Å². The summed E-state index contributed by atoms with van der Waals surface area (Å²) in [6.07, 6.45) is 5.69. The molecule has 0 aliphatic carbocycles. The van der Waals surface area contributed by atoms with Gasteiger partial charge >= 0.3 is 0 Å². The van der Waals surface area contributed by atoms with E-state index in [1.807, 2.05) is 24.7 Å². The second-order valence-electron chi connectivity index (χ2n) is 5.61. The molecule has 0 N–H and O–H groups in total. The second-order valence-corrected chi connectivity index (χ2v) is 5.61. The van der Waals surface area contributed by atoms with Crippen molar-refractivity contribution in [3.05, 3.63) is 42.4 Å². The Morgan fingerprint density at radius 1 is 1.24 bits per heavy atom. The van der Waals surface area contributed by atoms with Crippen molar-refractivity contribution >= 4 is 22.2 Å². The van der Waals surface area contributed by atoms with Crippen LogP contribution in [0.5, 0.6) is 0 Å². The molecule has 1 aliphatic heterocycles. The van der Waals surface area contributed by atoms with E-state index in [0.29, 0.717) is 0 Å². The minimum atomic E-state index is 0.879. The topological polar surface area (TPSA) is 39.5 Å². The summed E-state index contributed by atoms with van der Waals surface area (Å²) in [5, 5.41) is 1.21. The largest absolute Gasteiger partial charge is 0.270 e. The second kappa shape index (κ2) is 3.49. The van der Waals surface area contributed by atoms with Crippen molar-refractivity contribution in [2.24, 2.45) is 14.1 Å². The molecule has 0 saturated carbocycles. The van der Waals surface area contributed by atoms with Crippen LogP contribution < -0.4 is 4.57 Å². The fourth-order valence-electron chi connectivity index (χ4n) is 3.69. The minimum absolute atomic E-state index is 0.879. The van der Waals surface area contributed by atoms with Crippen LogP contribution in [0.25, 0.3) is 33.6 Å². The van der Waals surface area contributed by atoms with Gasteiger partial charge in [0, 0.05) is 24.2 Å². The predicted molar refractivity (Wildman–Crippen MR) is 79.7 cm³/mol. The van der Waals surface area contributed by atoms with E-state index in [1.54, 1.807) is 0 Å². The Morgan fingerprint density at radius 3 is 3.05 bits per heavy atom. The van der Waals surface area contributed by atoms with E-state index in [-0.39, 0.29) is 0 Å². The van der Waals surface area contributed by atoms with Crippen LogP contribution in [0.15, 0.2) is 36.8 Å². The van der Waals surface area contributed by atoms with Crippen LogP contribution in [-0.2, 0) is 20.6 Å². The summed E-state index contributed by atoms with van der Waals surface area (Å²) >= 11 is 0. The Morgan fingerprint density at radius 2 is 2.14 bits per heavy atom. The maximum Gasteiger partial charge on any atom is 0.270 e. The fourth-order valence-corrected chi connectivity index (χ4v) is 3.69. The molecule has 5 rings (SSSR count). The molecule has 0 atom stereocenters. The van der Waals surface area contributed by atoms with Crippen LogP contribution in [0.1, 0.15) is 5.56 Å². The first-order chi connectivity index (χ1) is 10.3. The zero-order valence-corrected chi connectivity index (χ0v) is 11.9. The Hall–Kier alpha value is -2.69. The van der Waals surface area contributed by atoms with Crippen molar-refractivity contribution in [1.82, 2.24) is 19.1 Å². The number of aromatic nitrogens is 5. The van der Waals surface area contributed by atoms with Gasteiger partial charge in [0.15, 0.2) is 5.52 Å². The van der Waals surface area contributed by atoms with Crippen molar-refractivity contribution in [2.45, 2.75) is 6.54 Å². The first-order valence-corrected chi connectivity index (χ1v) is 7.02. The van der Waals surface area contributed by atoms with Crippen LogP contribution in [0, 0.1) is 0 Å². The van der Waals surface area contributed by atoms with Gasteiger partial charge < -0.3 is 0 Å². The highest BCUT2D eigenvalue weighted by Gasteiger charge is 2.34. The summed E-state index contributed by atoms with van der Waals surface area (Å²) in [5.41, 5.74) is 6.06. The van der Waals surface area contributed by atoms with Gasteiger partial charge in [-0.2, -0.15) is 0 Å². The van der Waals surface area contributed by atoms with Crippen molar-refractivity contribution < 1.29 is 4.57 Å². The molecule has 5 nitrogen and oxygen atoms in total. The normalized spacial score (nSPS) is 13.0. The number of pyridine rings is 2. The molecule has 0 fully saturated rings. The third-order valence-corrected chi connectivity index (χ3v) is 4.52. The van der Waals surface area contributed by atoms with Gasteiger partial charge in [0.25, 0.3) is 5.65 Å². The molecule has 1 aliphatic rings. The first kappa shape index (κ1) is 11.0. The molecule has 0 unspecified atom stereocenters. The highest BCUT2D eigenvalue weighted by molar-refractivity contribution is 6.03. The SMILES string of the molecule is Cn1c2ncccc2c2c1[n+](C)c1n2Cc2cnccc2-1. The van der Waals surface area contributed by atoms with E-state index >= 15 is 0 Å². The summed E-state index contributed by atoms with van der Waals surface area (Å²) in [5.74, 6) is 1.25. The Kier molecular flexibility index (Phi) is 1.83. The van der Waals surface area contributed by atoms with Gasteiger partial charge in [0.1, 0.15) is 0 Å². The van der Waals surface area contributed by atoms with Crippen LogP contribution in [0.4, 0.5) is 0 Å². The first-order valence-electron chi connectivity index (χ1n) is 7.02. The van der Waals surface area contributed by atoms with Crippen LogP contribution >= 0.6 is 0 Å². The monoisotopic (exact) mass is 276 g/mol. The summed E-state index contributed by atoms with van der Waals surface area (Å²) in [4.78, 5) is 8.79. The molecule has 4 aromatic heterocycles. The smallest absolute Gasteiger partial charge is 0.264 e. The van der Waals surface area contributed by atoms with E-state index < -0.39 is 0 Å². The molecule has 0 spiro atoms. The molecule has 0 bridgehead atoms. The van der Waals surface area contributed by atoms with Gasteiger partial charge in [-0.1, -0.05) is 0 Å². The van der Waals surface area contributed by atoms with E-state index in [9.17, 15) is 0 Å². The average Bonchev–Trinajstić information content (AvgIpc) is 3.11. The van der Waals surface area contributed by atoms with Crippen LogP contribution in [0.2, 0.25) is 0 Å². The van der Waals surface area contributed by atoms with Gasteiger partial charge in [-0.3, -0.25) is 4.98 Å². The standard InChI is InChI=1S/C16H14N5/c1-19-14-12(4-3-6-18-14)13-16(19)20(2)15-11-5-7-17-8-10(11)9-21(13)15/h3-8H,9H2,1-2H3/q+1. The van der Waals surface area contributed by atoms with Crippen molar-refractivity contribution in [3.63, 3.8) is 0 Å². The molecule has 0 saturated heterocycles. The van der Waals surface area contributed by atoms with Gasteiger partial charge in [-0.05, 0) is 18.2 Å². The van der Waals surface area contributed by atoms with E-state index in [1.165, 1.54) is 33.5 Å². The average molecular weight is 276 g/mol. The number of aryl methyl sites for hydroxylation is 2. The number of rotatable bonds is 0. The summed E-state index contributed by atoms with van der Waals surface area (Å²) in [6, 6.07) is 6.26. The van der Waals surface area contributed by atoms with Gasteiger partial charge in [-0.25, -0.2) is 18.7 Å². The molecular weight excluding hydrogens is 262 g/mol. The molecule has 102 valence electrons. The molecular formula is C16H14N5+. The molecule has 5 heteroatoms. The molecule has 0 aromatic carbocycles. The fraction of sp³-hybridized carbons (Fsp3) is 0.188. The molecule has 0 amide bonds. The predicted octanol–water partition coefficient (Wildman–Crippen LogP) is 1.78. The van der Waals surface area contributed by atoms with Gasteiger partial charge in [0.05, 0.1) is 31.6 Å². The maximum atomic E-state index is 4.53.